The summed E-state index contributed by atoms with van der Waals surface area (Å²) in [7, 11) is 1.58. The van der Waals surface area contributed by atoms with Crippen LogP contribution in [0.3, 0.4) is 0 Å². The fourth-order valence-corrected chi connectivity index (χ4v) is 4.06. The predicted molar refractivity (Wildman–Crippen MR) is 130 cm³/mol. The maximum atomic E-state index is 13.0. The zero-order valence-electron chi connectivity index (χ0n) is 19.7. The first kappa shape index (κ1) is 23.3. The molecule has 1 fully saturated rings. The van der Waals surface area contributed by atoms with Gasteiger partial charge in [0.05, 0.1) is 30.5 Å². The molecule has 2 aromatic carbocycles. The van der Waals surface area contributed by atoms with Crippen LogP contribution in [0, 0.1) is 12.8 Å². The third-order valence-corrected chi connectivity index (χ3v) is 5.95. The number of pyridine rings is 1. The van der Waals surface area contributed by atoms with Crippen LogP contribution in [-0.4, -0.2) is 30.5 Å². The molecule has 1 aromatic heterocycles. The quantitative estimate of drug-likeness (QED) is 0.546. The van der Waals surface area contributed by atoms with Gasteiger partial charge in [-0.25, -0.2) is 0 Å². The number of carbonyl (C=O) groups excluding carboxylic acids is 2. The molecular formula is C27H29N3O4. The summed E-state index contributed by atoms with van der Waals surface area (Å²) in [5.41, 5.74) is 3.49. The predicted octanol–water partition coefficient (Wildman–Crippen LogP) is 4.21. The summed E-state index contributed by atoms with van der Waals surface area (Å²) in [6.07, 6.45) is 1.90. The van der Waals surface area contributed by atoms with E-state index in [1.807, 2.05) is 74.5 Å². The standard InChI is InChI=1S/C27H29N3O4/c1-18-10-11-25(33-3)24(13-18)30-16-21(15-26(30)31)27(32)29-19(2)20-7-6-9-23(14-20)34-17-22-8-4-5-12-28-22/h4-14,19,21H,15-17H2,1-3H3,(H,29,32). The van der Waals surface area contributed by atoms with Crippen molar-refractivity contribution in [3.8, 4) is 11.5 Å². The van der Waals surface area contributed by atoms with E-state index >= 15 is 0 Å². The zero-order chi connectivity index (χ0) is 24.1. The van der Waals surface area contributed by atoms with Crippen LogP contribution >= 0.6 is 0 Å². The normalized spacial score (nSPS) is 16.3. The zero-order valence-corrected chi connectivity index (χ0v) is 19.7. The minimum Gasteiger partial charge on any atom is -0.495 e. The van der Waals surface area contributed by atoms with Crippen molar-refractivity contribution in [2.24, 2.45) is 5.92 Å². The molecule has 176 valence electrons. The summed E-state index contributed by atoms with van der Waals surface area (Å²) in [4.78, 5) is 31.6. The lowest BCUT2D eigenvalue weighted by Gasteiger charge is -2.21. The van der Waals surface area contributed by atoms with Crippen LogP contribution in [0.5, 0.6) is 11.5 Å². The van der Waals surface area contributed by atoms with Gasteiger partial charge < -0.3 is 19.7 Å². The molecule has 0 spiro atoms. The van der Waals surface area contributed by atoms with E-state index in [1.165, 1.54) is 0 Å². The average molecular weight is 460 g/mol. The molecule has 0 saturated carbocycles. The highest BCUT2D eigenvalue weighted by atomic mass is 16.5. The molecule has 2 heterocycles. The van der Waals surface area contributed by atoms with E-state index < -0.39 is 5.92 Å². The van der Waals surface area contributed by atoms with Crippen LogP contribution in [-0.2, 0) is 16.2 Å². The molecule has 1 N–H and O–H groups in total. The maximum Gasteiger partial charge on any atom is 0.227 e. The first-order valence-corrected chi connectivity index (χ1v) is 11.3. The van der Waals surface area contributed by atoms with Crippen LogP contribution in [0.4, 0.5) is 5.69 Å². The number of nitrogens with zero attached hydrogens (tertiary/aromatic N) is 2. The number of hydrogen-bond acceptors (Lipinski definition) is 5. The van der Waals surface area contributed by atoms with Gasteiger partial charge >= 0.3 is 0 Å². The Hall–Kier alpha value is -3.87. The number of hydrogen-bond donors (Lipinski definition) is 1. The Bertz CT molecular complexity index is 1170. The molecule has 7 heteroatoms. The lowest BCUT2D eigenvalue weighted by molar-refractivity contribution is -0.126. The van der Waals surface area contributed by atoms with E-state index in [2.05, 4.69) is 10.3 Å². The van der Waals surface area contributed by atoms with Gasteiger partial charge in [-0.3, -0.25) is 14.6 Å². The second kappa shape index (κ2) is 10.4. The topological polar surface area (TPSA) is 80.8 Å². The van der Waals surface area contributed by atoms with Crippen LogP contribution in [0.1, 0.15) is 36.2 Å². The summed E-state index contributed by atoms with van der Waals surface area (Å²) >= 11 is 0. The SMILES string of the molecule is COc1ccc(C)cc1N1CC(C(=O)NC(C)c2cccc(OCc3ccccn3)c2)CC1=O. The van der Waals surface area contributed by atoms with Crippen molar-refractivity contribution in [1.82, 2.24) is 10.3 Å². The highest BCUT2D eigenvalue weighted by Crippen LogP contribution is 2.34. The Labute approximate surface area is 199 Å². The number of rotatable bonds is 8. The largest absolute Gasteiger partial charge is 0.495 e. The van der Waals surface area contributed by atoms with Gasteiger partial charge in [-0.1, -0.05) is 24.3 Å². The first-order valence-electron chi connectivity index (χ1n) is 11.3. The fraction of sp³-hybridized carbons (Fsp3) is 0.296. The number of carbonyl (C=O) groups is 2. The summed E-state index contributed by atoms with van der Waals surface area (Å²) in [5.74, 6) is 0.675. The van der Waals surface area contributed by atoms with Gasteiger partial charge in [0, 0.05) is 19.2 Å². The van der Waals surface area contributed by atoms with Crippen molar-refractivity contribution in [2.75, 3.05) is 18.6 Å². The number of benzene rings is 2. The van der Waals surface area contributed by atoms with Gasteiger partial charge in [0.25, 0.3) is 0 Å². The van der Waals surface area contributed by atoms with Gasteiger partial charge in [0.15, 0.2) is 0 Å². The number of amides is 2. The molecule has 2 unspecified atom stereocenters. The molecule has 0 radical (unpaired) electrons. The molecule has 2 amide bonds. The number of aryl methyl sites for hydroxylation is 1. The van der Waals surface area contributed by atoms with E-state index in [9.17, 15) is 9.59 Å². The van der Waals surface area contributed by atoms with Gasteiger partial charge in [-0.05, 0) is 61.4 Å². The lowest BCUT2D eigenvalue weighted by Crippen LogP contribution is -2.34. The van der Waals surface area contributed by atoms with Crippen LogP contribution in [0.15, 0.2) is 66.9 Å². The van der Waals surface area contributed by atoms with Gasteiger partial charge in [0.1, 0.15) is 18.1 Å². The number of ether oxygens (including phenoxy) is 2. The maximum absolute atomic E-state index is 13.0. The van der Waals surface area contributed by atoms with Crippen LogP contribution in [0.2, 0.25) is 0 Å². The molecule has 2 atom stereocenters. The highest BCUT2D eigenvalue weighted by Gasteiger charge is 2.36. The fourth-order valence-electron chi connectivity index (χ4n) is 4.06. The van der Waals surface area contributed by atoms with E-state index in [0.717, 1.165) is 16.8 Å². The lowest BCUT2D eigenvalue weighted by atomic mass is 10.0. The summed E-state index contributed by atoms with van der Waals surface area (Å²) in [6, 6.07) is 18.8. The summed E-state index contributed by atoms with van der Waals surface area (Å²) in [5, 5.41) is 3.05. The Morgan fingerprint density at radius 2 is 2.03 bits per heavy atom. The highest BCUT2D eigenvalue weighted by molar-refractivity contribution is 6.01. The molecular weight excluding hydrogens is 430 g/mol. The van der Waals surface area contributed by atoms with Crippen molar-refractivity contribution in [3.05, 3.63) is 83.7 Å². The van der Waals surface area contributed by atoms with E-state index in [4.69, 9.17) is 9.47 Å². The minimum absolute atomic E-state index is 0.0818. The minimum atomic E-state index is -0.427. The summed E-state index contributed by atoms with van der Waals surface area (Å²) < 4.78 is 11.3. The molecule has 7 nitrogen and oxygen atoms in total. The van der Waals surface area contributed by atoms with Gasteiger partial charge in [-0.2, -0.15) is 0 Å². The number of methoxy groups -OCH3 is 1. The smallest absolute Gasteiger partial charge is 0.227 e. The van der Waals surface area contributed by atoms with Crippen molar-refractivity contribution < 1.29 is 19.1 Å². The molecule has 0 bridgehead atoms. The van der Waals surface area contributed by atoms with Crippen molar-refractivity contribution in [2.45, 2.75) is 32.9 Å². The van der Waals surface area contributed by atoms with Gasteiger partial charge in [-0.15, -0.1) is 0 Å². The Morgan fingerprint density at radius 1 is 1.18 bits per heavy atom. The van der Waals surface area contributed by atoms with E-state index in [0.29, 0.717) is 30.3 Å². The molecule has 1 saturated heterocycles. The second-order valence-corrected chi connectivity index (χ2v) is 8.49. The molecule has 1 aliphatic heterocycles. The Balaban J connectivity index is 1.38. The average Bonchev–Trinajstić information content (AvgIpc) is 3.25. The Morgan fingerprint density at radius 3 is 2.79 bits per heavy atom. The Kier molecular flexibility index (Phi) is 7.11. The second-order valence-electron chi connectivity index (χ2n) is 8.49. The van der Waals surface area contributed by atoms with E-state index in [-0.39, 0.29) is 24.3 Å². The first-order chi connectivity index (χ1) is 16.4. The number of aromatic nitrogens is 1. The third-order valence-electron chi connectivity index (χ3n) is 5.95. The van der Waals surface area contributed by atoms with E-state index in [1.54, 1.807) is 18.2 Å². The van der Waals surface area contributed by atoms with Crippen molar-refractivity contribution >= 4 is 17.5 Å². The number of anilines is 1. The van der Waals surface area contributed by atoms with Gasteiger partial charge in [0.2, 0.25) is 11.8 Å². The molecule has 3 aromatic rings. The molecule has 1 aliphatic rings. The molecule has 0 aliphatic carbocycles. The molecule has 4 rings (SSSR count). The van der Waals surface area contributed by atoms with Crippen LogP contribution < -0.4 is 19.7 Å². The van der Waals surface area contributed by atoms with Crippen LogP contribution in [0.25, 0.3) is 0 Å². The molecule has 34 heavy (non-hydrogen) atoms. The van der Waals surface area contributed by atoms with Crippen molar-refractivity contribution in [1.29, 1.82) is 0 Å². The summed E-state index contributed by atoms with van der Waals surface area (Å²) in [6.45, 7) is 4.58. The monoisotopic (exact) mass is 459 g/mol. The number of nitrogens with one attached hydrogen (secondary N) is 1. The third kappa shape index (κ3) is 5.36. The van der Waals surface area contributed by atoms with Crippen molar-refractivity contribution in [3.63, 3.8) is 0 Å².